The monoisotopic (exact) mass is 517 g/mol. The van der Waals surface area contributed by atoms with Crippen LogP contribution in [0.1, 0.15) is 12.0 Å². The van der Waals surface area contributed by atoms with Crippen LogP contribution in [0.2, 0.25) is 0 Å². The third-order valence-electron chi connectivity index (χ3n) is 5.89. The van der Waals surface area contributed by atoms with Gasteiger partial charge in [-0.25, -0.2) is 0 Å². The Labute approximate surface area is 221 Å². The van der Waals surface area contributed by atoms with Crippen molar-refractivity contribution in [2.45, 2.75) is 32.4 Å². The summed E-state index contributed by atoms with van der Waals surface area (Å²) in [4.78, 5) is 7.27. The van der Waals surface area contributed by atoms with Gasteiger partial charge in [0.25, 0.3) is 0 Å². The van der Waals surface area contributed by atoms with Gasteiger partial charge in [0.15, 0.2) is 0 Å². The van der Waals surface area contributed by atoms with E-state index in [1.165, 1.54) is 36.5 Å². The second-order valence-corrected chi connectivity index (χ2v) is 11.2. The summed E-state index contributed by atoms with van der Waals surface area (Å²) < 4.78 is 1.83. The minimum absolute atomic E-state index is 1.05. The van der Waals surface area contributed by atoms with E-state index in [4.69, 9.17) is 11.8 Å². The molecule has 178 valence electrons. The normalized spacial score (nSPS) is 13.0. The van der Waals surface area contributed by atoms with Gasteiger partial charge >= 0.3 is 0 Å². The van der Waals surface area contributed by atoms with Gasteiger partial charge in [-0.1, -0.05) is 72.1 Å². The molecule has 0 bridgehead atoms. The zero-order valence-corrected chi connectivity index (χ0v) is 22.3. The van der Waals surface area contributed by atoms with Gasteiger partial charge in [-0.15, -0.1) is 0 Å². The van der Waals surface area contributed by atoms with Crippen LogP contribution in [0.25, 0.3) is 0 Å². The van der Waals surface area contributed by atoms with E-state index in [-0.39, 0.29) is 0 Å². The summed E-state index contributed by atoms with van der Waals surface area (Å²) in [5.41, 5.74) is 5.97. The summed E-state index contributed by atoms with van der Waals surface area (Å²) in [7, 11) is 4.22. The molecule has 0 fully saturated rings. The van der Waals surface area contributed by atoms with E-state index in [1.54, 1.807) is 11.8 Å². The molecule has 0 saturated heterocycles. The molecule has 4 aromatic rings. The smallest absolute Gasteiger partial charge is 0.0753 e. The Morgan fingerprint density at radius 3 is 1.97 bits per heavy atom. The molecule has 0 aliphatic carbocycles. The Kier molecular flexibility index (Phi) is 7.59. The van der Waals surface area contributed by atoms with Crippen LogP contribution >= 0.6 is 35.3 Å². The van der Waals surface area contributed by atoms with Crippen LogP contribution in [0.4, 0.5) is 22.7 Å². The third-order valence-corrected chi connectivity index (χ3v) is 8.51. The van der Waals surface area contributed by atoms with Gasteiger partial charge in [0.05, 0.1) is 22.7 Å². The van der Waals surface area contributed by atoms with E-state index in [2.05, 4.69) is 109 Å². The Morgan fingerprint density at radius 2 is 1.29 bits per heavy atom. The number of hydrogen-bond acceptors (Lipinski definition) is 5. The molecule has 0 aromatic heterocycles. The molecule has 6 rings (SSSR count). The largest absolute Gasteiger partial charge is 0.354 e. The van der Waals surface area contributed by atoms with Gasteiger partial charge in [-0.05, 0) is 81.5 Å². The first-order valence-electron chi connectivity index (χ1n) is 11.7. The highest BCUT2D eigenvalue weighted by Crippen LogP contribution is 2.50. The Bertz CT molecular complexity index is 1240. The second-order valence-electron chi connectivity index (χ2n) is 8.74. The highest BCUT2D eigenvalue weighted by Gasteiger charge is 2.24. The van der Waals surface area contributed by atoms with Crippen LogP contribution in [-0.4, -0.2) is 25.5 Å². The first-order chi connectivity index (χ1) is 17.1. The molecule has 4 aromatic carbocycles. The minimum atomic E-state index is 1.05. The SMILES string of the molecule is CN(C)CCCc1cccc2c1N(Cl)c1ccccc1S2.c1ccc2c(c1)Nc1ccccc1S2. The number of anilines is 4. The molecule has 0 amide bonds. The van der Waals surface area contributed by atoms with Crippen molar-refractivity contribution in [1.82, 2.24) is 4.90 Å². The predicted molar refractivity (Wildman–Crippen MR) is 152 cm³/mol. The fraction of sp³-hybridized carbons (Fsp3) is 0.172. The number of halogens is 1. The standard InChI is InChI=1S/C17H19ClN2S.C12H9NS/c1-19(2)12-6-8-13-7-5-11-16-17(13)20(18)14-9-3-4-10-15(14)21-16;1-3-7-11-9(5-1)13-10-6-2-4-8-12(10)14-11/h3-5,7,9-11H,6,8,12H2,1-2H3;1-8,13H. The molecule has 6 heteroatoms. The van der Waals surface area contributed by atoms with Crippen molar-refractivity contribution in [3.8, 4) is 0 Å². The molecule has 0 spiro atoms. The van der Waals surface area contributed by atoms with Crippen LogP contribution in [0.3, 0.4) is 0 Å². The van der Waals surface area contributed by atoms with E-state index in [1.807, 2.05) is 22.2 Å². The maximum atomic E-state index is 6.63. The molecule has 3 nitrogen and oxygen atoms in total. The summed E-state index contributed by atoms with van der Waals surface area (Å²) in [6, 6.07) is 31.5. The van der Waals surface area contributed by atoms with Crippen molar-refractivity contribution in [1.29, 1.82) is 0 Å². The Morgan fingerprint density at radius 1 is 0.714 bits per heavy atom. The van der Waals surface area contributed by atoms with Crippen molar-refractivity contribution in [3.63, 3.8) is 0 Å². The average Bonchev–Trinajstić information content (AvgIpc) is 2.88. The second kappa shape index (κ2) is 11.0. The van der Waals surface area contributed by atoms with Crippen LogP contribution < -0.4 is 9.74 Å². The zero-order valence-electron chi connectivity index (χ0n) is 19.9. The number of benzene rings is 4. The lowest BCUT2D eigenvalue weighted by molar-refractivity contribution is 0.400. The predicted octanol–water partition coefficient (Wildman–Crippen LogP) is 8.83. The number of fused-ring (bicyclic) bond motifs is 4. The number of nitrogens with one attached hydrogen (secondary N) is 1. The average molecular weight is 518 g/mol. The maximum absolute atomic E-state index is 6.63. The molecule has 2 heterocycles. The summed E-state index contributed by atoms with van der Waals surface area (Å²) in [6.07, 6.45) is 2.19. The Hall–Kier alpha value is -2.57. The van der Waals surface area contributed by atoms with Gasteiger partial charge in [0.1, 0.15) is 0 Å². The minimum Gasteiger partial charge on any atom is -0.354 e. The van der Waals surface area contributed by atoms with E-state index < -0.39 is 0 Å². The van der Waals surface area contributed by atoms with Gasteiger partial charge in [0.2, 0.25) is 0 Å². The summed E-state index contributed by atoms with van der Waals surface area (Å²) in [5, 5.41) is 3.42. The molecule has 0 unspecified atom stereocenters. The maximum Gasteiger partial charge on any atom is 0.0753 e. The molecule has 0 radical (unpaired) electrons. The topological polar surface area (TPSA) is 18.5 Å². The van der Waals surface area contributed by atoms with Gasteiger partial charge in [-0.2, -0.15) is 0 Å². The van der Waals surface area contributed by atoms with Gasteiger partial charge < -0.3 is 10.2 Å². The highest BCUT2D eigenvalue weighted by atomic mass is 35.5. The van der Waals surface area contributed by atoms with Crippen LogP contribution in [0.5, 0.6) is 0 Å². The first-order valence-corrected chi connectivity index (χ1v) is 13.7. The lowest BCUT2D eigenvalue weighted by Gasteiger charge is -2.29. The number of nitrogens with zero attached hydrogens (tertiary/aromatic N) is 2. The van der Waals surface area contributed by atoms with Crippen molar-refractivity contribution >= 4 is 58.0 Å². The molecular formula is C29H28ClN3S2. The van der Waals surface area contributed by atoms with Crippen molar-refractivity contribution in [2.75, 3.05) is 30.4 Å². The fourth-order valence-electron chi connectivity index (χ4n) is 4.19. The van der Waals surface area contributed by atoms with Crippen LogP contribution in [-0.2, 0) is 6.42 Å². The quantitative estimate of drug-likeness (QED) is 0.239. The molecule has 0 saturated carbocycles. The van der Waals surface area contributed by atoms with Crippen molar-refractivity contribution < 1.29 is 0 Å². The summed E-state index contributed by atoms with van der Waals surface area (Å²) in [6.45, 7) is 1.09. The molecule has 35 heavy (non-hydrogen) atoms. The van der Waals surface area contributed by atoms with E-state index in [0.717, 1.165) is 30.8 Å². The number of hydrogen-bond donors (Lipinski definition) is 1. The van der Waals surface area contributed by atoms with E-state index in [0.29, 0.717) is 0 Å². The first kappa shape index (κ1) is 24.1. The lowest BCUT2D eigenvalue weighted by atomic mass is 10.1. The van der Waals surface area contributed by atoms with Crippen molar-refractivity contribution in [2.24, 2.45) is 0 Å². The third kappa shape index (κ3) is 5.49. The van der Waals surface area contributed by atoms with E-state index >= 15 is 0 Å². The Balaban J connectivity index is 0.000000156. The number of rotatable bonds is 4. The fourth-order valence-corrected chi connectivity index (χ4v) is 6.73. The molecule has 1 N–H and O–H groups in total. The van der Waals surface area contributed by atoms with Crippen LogP contribution in [0.15, 0.2) is 111 Å². The highest BCUT2D eigenvalue weighted by molar-refractivity contribution is 8.00. The molecular weight excluding hydrogens is 490 g/mol. The van der Waals surface area contributed by atoms with Crippen LogP contribution in [0, 0.1) is 0 Å². The van der Waals surface area contributed by atoms with E-state index in [9.17, 15) is 0 Å². The lowest BCUT2D eigenvalue weighted by Crippen LogP contribution is -2.15. The summed E-state index contributed by atoms with van der Waals surface area (Å²) in [5.74, 6) is 0. The molecule has 0 atom stereocenters. The van der Waals surface area contributed by atoms with Gasteiger partial charge in [0, 0.05) is 31.4 Å². The summed E-state index contributed by atoms with van der Waals surface area (Å²) >= 11 is 10.3. The van der Waals surface area contributed by atoms with Crippen molar-refractivity contribution in [3.05, 3.63) is 96.6 Å². The number of aryl methyl sites for hydroxylation is 1. The number of para-hydroxylation sites is 4. The van der Waals surface area contributed by atoms with Gasteiger partial charge in [-0.3, -0.25) is 4.42 Å². The zero-order chi connectivity index (χ0) is 24.2. The molecule has 2 aliphatic rings. The molecule has 2 aliphatic heterocycles.